The molecule has 1 atom stereocenters. The minimum atomic E-state index is -3.64. The monoisotopic (exact) mass is 238 g/mol. The van der Waals surface area contributed by atoms with Crippen LogP contribution in [0.25, 0.3) is 0 Å². The lowest BCUT2D eigenvalue weighted by Crippen LogP contribution is -2.28. The minimum Gasteiger partial charge on any atom is -0.463 e. The molecule has 0 bridgehead atoms. The Kier molecular flexibility index (Phi) is 4.93. The van der Waals surface area contributed by atoms with Crippen molar-refractivity contribution < 1.29 is 18.6 Å². The van der Waals surface area contributed by atoms with Gasteiger partial charge < -0.3 is 4.74 Å². The van der Waals surface area contributed by atoms with Crippen molar-refractivity contribution in [1.29, 1.82) is 0 Å². The first-order valence-electron chi connectivity index (χ1n) is 4.53. The zero-order valence-electron chi connectivity index (χ0n) is 9.52. The van der Waals surface area contributed by atoms with E-state index in [0.29, 0.717) is 0 Å². The molecule has 7 heteroatoms. The molecule has 4 N–H and O–H groups in total. The zero-order chi connectivity index (χ0) is 12.3. The Balaban J connectivity index is 4.07. The van der Waals surface area contributed by atoms with Gasteiger partial charge in [0.15, 0.2) is 6.10 Å². The first kappa shape index (κ1) is 14.6. The van der Waals surface area contributed by atoms with Crippen LogP contribution in [-0.2, 0) is 18.6 Å². The fourth-order valence-electron chi connectivity index (χ4n) is 0.695. The SMILES string of the molecule is C[C@H](OP(N)(N)=O)C(=O)OCC(C)(C)C. The summed E-state index contributed by atoms with van der Waals surface area (Å²) < 4.78 is 20.4. The molecule has 6 nitrogen and oxygen atoms in total. The summed E-state index contributed by atoms with van der Waals surface area (Å²) >= 11 is 0. The van der Waals surface area contributed by atoms with Crippen LogP contribution in [0.3, 0.4) is 0 Å². The van der Waals surface area contributed by atoms with Gasteiger partial charge in [0.2, 0.25) is 0 Å². The maximum atomic E-state index is 11.3. The van der Waals surface area contributed by atoms with Gasteiger partial charge in [-0.2, -0.15) is 0 Å². The Labute approximate surface area is 89.9 Å². The van der Waals surface area contributed by atoms with E-state index in [2.05, 4.69) is 4.52 Å². The second-order valence-corrected chi connectivity index (χ2v) is 6.06. The maximum Gasteiger partial charge on any atom is 0.336 e. The third kappa shape index (κ3) is 8.57. The van der Waals surface area contributed by atoms with Crippen LogP contribution in [0, 0.1) is 5.41 Å². The molecule has 0 fully saturated rings. The summed E-state index contributed by atoms with van der Waals surface area (Å²) in [4.78, 5) is 11.3. The molecule has 0 aliphatic carbocycles. The Morgan fingerprint density at radius 3 is 2.20 bits per heavy atom. The Morgan fingerprint density at radius 1 is 1.40 bits per heavy atom. The van der Waals surface area contributed by atoms with Crippen LogP contribution in [0.2, 0.25) is 0 Å². The Hall–Kier alpha value is -0.420. The number of carbonyl (C=O) groups excluding carboxylic acids is 1. The van der Waals surface area contributed by atoms with Crippen LogP contribution in [0.15, 0.2) is 0 Å². The molecule has 0 rings (SSSR count). The van der Waals surface area contributed by atoms with Crippen molar-refractivity contribution in [3.8, 4) is 0 Å². The summed E-state index contributed by atoms with van der Waals surface area (Å²) in [7, 11) is -3.64. The highest BCUT2D eigenvalue weighted by atomic mass is 31.2. The number of rotatable bonds is 4. The number of hydrogen-bond donors (Lipinski definition) is 2. The van der Waals surface area contributed by atoms with E-state index in [1.165, 1.54) is 6.92 Å². The van der Waals surface area contributed by atoms with E-state index in [0.717, 1.165) is 0 Å². The summed E-state index contributed by atoms with van der Waals surface area (Å²) in [6.45, 7) is 7.39. The molecule has 0 amide bonds. The van der Waals surface area contributed by atoms with E-state index in [1.54, 1.807) is 0 Å². The summed E-state index contributed by atoms with van der Waals surface area (Å²) in [5.74, 6) is -0.624. The van der Waals surface area contributed by atoms with Gasteiger partial charge in [-0.15, -0.1) is 0 Å². The zero-order valence-corrected chi connectivity index (χ0v) is 10.4. The van der Waals surface area contributed by atoms with Gasteiger partial charge in [0.05, 0.1) is 6.61 Å². The average molecular weight is 238 g/mol. The molecule has 0 aromatic rings. The molecule has 0 aliphatic heterocycles. The van der Waals surface area contributed by atoms with Gasteiger partial charge in [-0.25, -0.2) is 15.8 Å². The number of hydrogen-bond acceptors (Lipinski definition) is 4. The van der Waals surface area contributed by atoms with Crippen LogP contribution in [0.4, 0.5) is 0 Å². The second-order valence-electron chi connectivity index (χ2n) is 4.56. The molecular weight excluding hydrogens is 219 g/mol. The lowest BCUT2D eigenvalue weighted by Gasteiger charge is -2.20. The summed E-state index contributed by atoms with van der Waals surface area (Å²) in [6.07, 6.45) is -1.02. The van der Waals surface area contributed by atoms with Crippen molar-refractivity contribution in [2.24, 2.45) is 16.4 Å². The van der Waals surface area contributed by atoms with Gasteiger partial charge >= 0.3 is 13.6 Å². The standard InChI is InChI=1S/C8H19N2O4P/c1-6(14-15(9,10)12)7(11)13-5-8(2,3)4/h6H,5H2,1-4H3,(H4,9,10,12)/t6-/m0/s1. The molecular formula is C8H19N2O4P. The quantitative estimate of drug-likeness (QED) is 0.559. The van der Waals surface area contributed by atoms with Crippen molar-refractivity contribution in [3.63, 3.8) is 0 Å². The molecule has 0 saturated carbocycles. The van der Waals surface area contributed by atoms with Gasteiger partial charge in [0.1, 0.15) is 0 Å². The fraction of sp³-hybridized carbons (Fsp3) is 0.875. The van der Waals surface area contributed by atoms with Crippen molar-refractivity contribution in [2.75, 3.05) is 6.61 Å². The maximum absolute atomic E-state index is 11.3. The number of nitrogens with two attached hydrogens (primary N) is 2. The van der Waals surface area contributed by atoms with Gasteiger partial charge in [-0.1, -0.05) is 20.8 Å². The molecule has 0 aromatic carbocycles. The summed E-state index contributed by atoms with van der Waals surface area (Å²) in [6, 6.07) is 0. The van der Waals surface area contributed by atoms with Crippen molar-refractivity contribution >= 4 is 13.6 Å². The molecule has 15 heavy (non-hydrogen) atoms. The van der Waals surface area contributed by atoms with Gasteiger partial charge in [-0.3, -0.25) is 9.09 Å². The second kappa shape index (κ2) is 5.07. The average Bonchev–Trinajstić information content (AvgIpc) is 1.95. The molecule has 0 radical (unpaired) electrons. The number of esters is 1. The van der Waals surface area contributed by atoms with Crippen LogP contribution in [0.5, 0.6) is 0 Å². The summed E-state index contributed by atoms with van der Waals surface area (Å²) in [5, 5.41) is 0. The van der Waals surface area contributed by atoms with Crippen LogP contribution >= 0.6 is 7.67 Å². The summed E-state index contributed by atoms with van der Waals surface area (Å²) in [5.41, 5.74) is 9.78. The van der Waals surface area contributed by atoms with E-state index in [9.17, 15) is 9.36 Å². The fourth-order valence-corrected chi connectivity index (χ4v) is 1.28. The van der Waals surface area contributed by atoms with E-state index >= 15 is 0 Å². The van der Waals surface area contributed by atoms with Crippen molar-refractivity contribution in [3.05, 3.63) is 0 Å². The molecule has 90 valence electrons. The highest BCUT2D eigenvalue weighted by molar-refractivity contribution is 7.53. The lowest BCUT2D eigenvalue weighted by atomic mass is 9.99. The van der Waals surface area contributed by atoms with E-state index < -0.39 is 19.7 Å². The lowest BCUT2D eigenvalue weighted by molar-refractivity contribution is -0.153. The van der Waals surface area contributed by atoms with Gasteiger partial charge in [-0.05, 0) is 12.3 Å². The Bertz CT molecular complexity index is 268. The molecule has 0 heterocycles. The predicted molar refractivity (Wildman–Crippen MR) is 56.9 cm³/mol. The van der Waals surface area contributed by atoms with Gasteiger partial charge in [0, 0.05) is 0 Å². The minimum absolute atomic E-state index is 0.134. The molecule has 0 saturated heterocycles. The molecule has 0 aliphatic rings. The van der Waals surface area contributed by atoms with Gasteiger partial charge in [0.25, 0.3) is 0 Å². The Morgan fingerprint density at radius 2 is 1.87 bits per heavy atom. The highest BCUT2D eigenvalue weighted by Gasteiger charge is 2.24. The van der Waals surface area contributed by atoms with Crippen LogP contribution < -0.4 is 11.0 Å². The first-order chi connectivity index (χ1) is 6.51. The van der Waals surface area contributed by atoms with E-state index in [-0.39, 0.29) is 12.0 Å². The largest absolute Gasteiger partial charge is 0.463 e. The predicted octanol–water partition coefficient (Wildman–Crippen LogP) is 1.01. The van der Waals surface area contributed by atoms with E-state index in [1.807, 2.05) is 20.8 Å². The first-order valence-corrected chi connectivity index (χ1v) is 6.30. The molecule has 0 spiro atoms. The number of ether oxygens (including phenoxy) is 1. The third-order valence-corrected chi connectivity index (χ3v) is 1.95. The highest BCUT2D eigenvalue weighted by Crippen LogP contribution is 2.29. The molecule has 0 unspecified atom stereocenters. The topological polar surface area (TPSA) is 105 Å². The van der Waals surface area contributed by atoms with E-state index in [4.69, 9.17) is 15.7 Å². The van der Waals surface area contributed by atoms with Crippen LogP contribution in [-0.4, -0.2) is 18.7 Å². The van der Waals surface area contributed by atoms with Crippen molar-refractivity contribution in [2.45, 2.75) is 33.8 Å². The van der Waals surface area contributed by atoms with Crippen molar-refractivity contribution in [1.82, 2.24) is 0 Å². The number of carbonyl (C=O) groups is 1. The third-order valence-electron chi connectivity index (χ3n) is 1.30. The van der Waals surface area contributed by atoms with Crippen LogP contribution in [0.1, 0.15) is 27.7 Å². The normalized spacial score (nSPS) is 14.8. The smallest absolute Gasteiger partial charge is 0.336 e. The molecule has 0 aromatic heterocycles.